The highest BCUT2D eigenvalue weighted by Gasteiger charge is 2.33. The van der Waals surface area contributed by atoms with Gasteiger partial charge in [0.25, 0.3) is 0 Å². The lowest BCUT2D eigenvalue weighted by Gasteiger charge is -2.30. The molecular weight excluding hydrogens is 433 g/mol. The molecule has 1 saturated heterocycles. The molecule has 0 aliphatic carbocycles. The van der Waals surface area contributed by atoms with Crippen LogP contribution in [-0.2, 0) is 4.79 Å². The third-order valence-electron chi connectivity index (χ3n) is 5.64. The van der Waals surface area contributed by atoms with Crippen LogP contribution in [0.4, 0.5) is 5.82 Å². The fraction of sp³-hybridized carbons (Fsp3) is 0.391. The molecule has 0 spiro atoms. The summed E-state index contributed by atoms with van der Waals surface area (Å²) in [6, 6.07) is 7.48. The summed E-state index contributed by atoms with van der Waals surface area (Å²) in [7, 11) is 0. The molecule has 1 aliphatic heterocycles. The topological polar surface area (TPSA) is 62.2 Å². The van der Waals surface area contributed by atoms with Crippen LogP contribution in [0.3, 0.4) is 0 Å². The Hall–Kier alpha value is -2.44. The zero-order chi connectivity index (χ0) is 22.1. The van der Waals surface area contributed by atoms with Crippen molar-refractivity contribution in [2.75, 3.05) is 24.5 Å². The minimum atomic E-state index is -0.0210. The molecule has 0 bridgehead atoms. The second-order valence-corrected chi connectivity index (χ2v) is 8.87. The number of amides is 1. The fourth-order valence-corrected chi connectivity index (χ4v) is 4.39. The van der Waals surface area contributed by atoms with E-state index in [9.17, 15) is 4.79 Å². The summed E-state index contributed by atoms with van der Waals surface area (Å²) in [5.41, 5.74) is 2.99. The van der Waals surface area contributed by atoms with Gasteiger partial charge in [0, 0.05) is 43.5 Å². The zero-order valence-corrected chi connectivity index (χ0v) is 19.4. The first-order valence-corrected chi connectivity index (χ1v) is 11.3. The highest BCUT2D eigenvalue weighted by Crippen LogP contribution is 2.34. The van der Waals surface area contributed by atoms with Gasteiger partial charge in [-0.05, 0) is 37.6 Å². The van der Waals surface area contributed by atoms with Crippen molar-refractivity contribution >= 4 is 46.0 Å². The second-order valence-electron chi connectivity index (χ2n) is 8.06. The Morgan fingerprint density at radius 3 is 2.55 bits per heavy atom. The SMILES string of the molecule is CCN(C(=O)C(C)C)[C@H]1CCN(c2nc3cc(Cl)c(Cl)cc3nc2-c2cccnc2)C1. The predicted molar refractivity (Wildman–Crippen MR) is 126 cm³/mol. The molecule has 8 heteroatoms. The van der Waals surface area contributed by atoms with Gasteiger partial charge in [-0.1, -0.05) is 37.0 Å². The van der Waals surface area contributed by atoms with E-state index in [0.29, 0.717) is 34.2 Å². The van der Waals surface area contributed by atoms with Gasteiger partial charge in [-0.2, -0.15) is 0 Å². The number of carbonyl (C=O) groups is 1. The van der Waals surface area contributed by atoms with Crippen LogP contribution in [0.5, 0.6) is 0 Å². The lowest BCUT2D eigenvalue weighted by molar-refractivity contribution is -0.136. The van der Waals surface area contributed by atoms with Crippen LogP contribution in [-0.4, -0.2) is 51.4 Å². The number of halogens is 2. The Kier molecular flexibility index (Phi) is 6.30. The highest BCUT2D eigenvalue weighted by atomic mass is 35.5. The number of anilines is 1. The van der Waals surface area contributed by atoms with Crippen molar-refractivity contribution < 1.29 is 4.79 Å². The number of likely N-dealkylation sites (N-methyl/N-ethyl adjacent to an activating group) is 1. The summed E-state index contributed by atoms with van der Waals surface area (Å²) in [4.78, 5) is 30.9. The molecule has 3 heterocycles. The third kappa shape index (κ3) is 4.32. The van der Waals surface area contributed by atoms with Gasteiger partial charge < -0.3 is 9.80 Å². The summed E-state index contributed by atoms with van der Waals surface area (Å²) in [6.45, 7) is 8.13. The second kappa shape index (κ2) is 8.97. The summed E-state index contributed by atoms with van der Waals surface area (Å²) in [6.07, 6.45) is 4.40. The number of nitrogens with zero attached hydrogens (tertiary/aromatic N) is 5. The molecular formula is C23H25Cl2N5O. The number of fused-ring (bicyclic) bond motifs is 1. The molecule has 1 atom stereocenters. The molecule has 6 nitrogen and oxygen atoms in total. The van der Waals surface area contributed by atoms with E-state index in [2.05, 4.69) is 9.88 Å². The van der Waals surface area contributed by atoms with Gasteiger partial charge in [-0.3, -0.25) is 9.78 Å². The highest BCUT2D eigenvalue weighted by molar-refractivity contribution is 6.42. The quantitative estimate of drug-likeness (QED) is 0.534. The molecule has 0 unspecified atom stereocenters. The Balaban J connectivity index is 1.76. The molecule has 3 aromatic rings. The number of carbonyl (C=O) groups excluding carboxylic acids is 1. The number of pyridine rings is 1. The first kappa shape index (κ1) is 21.8. The smallest absolute Gasteiger partial charge is 0.225 e. The molecule has 4 rings (SSSR count). The third-order valence-corrected chi connectivity index (χ3v) is 6.37. The molecule has 1 fully saturated rings. The molecule has 0 radical (unpaired) electrons. The molecule has 31 heavy (non-hydrogen) atoms. The minimum Gasteiger partial charge on any atom is -0.353 e. The lowest BCUT2D eigenvalue weighted by Crippen LogP contribution is -2.43. The van der Waals surface area contributed by atoms with Gasteiger partial charge in [0.2, 0.25) is 5.91 Å². The van der Waals surface area contributed by atoms with Crippen LogP contribution in [0.15, 0.2) is 36.7 Å². The normalized spacial score (nSPS) is 16.3. The summed E-state index contributed by atoms with van der Waals surface area (Å²) >= 11 is 12.5. The first-order valence-electron chi connectivity index (χ1n) is 10.5. The van der Waals surface area contributed by atoms with Crippen LogP contribution >= 0.6 is 23.2 Å². The summed E-state index contributed by atoms with van der Waals surface area (Å²) in [5.74, 6) is 0.939. The van der Waals surface area contributed by atoms with E-state index < -0.39 is 0 Å². The summed E-state index contributed by atoms with van der Waals surface area (Å²) in [5, 5.41) is 0.892. The van der Waals surface area contributed by atoms with E-state index in [1.54, 1.807) is 24.5 Å². The first-order chi connectivity index (χ1) is 14.9. The maximum atomic E-state index is 12.7. The molecule has 0 N–H and O–H groups in total. The number of aromatic nitrogens is 3. The minimum absolute atomic E-state index is 0.0210. The van der Waals surface area contributed by atoms with Gasteiger partial charge in [0.1, 0.15) is 5.69 Å². The Morgan fingerprint density at radius 2 is 1.94 bits per heavy atom. The van der Waals surface area contributed by atoms with Crippen molar-refractivity contribution in [2.24, 2.45) is 5.92 Å². The Labute approximate surface area is 192 Å². The molecule has 162 valence electrons. The van der Waals surface area contributed by atoms with E-state index in [0.717, 1.165) is 30.0 Å². The van der Waals surface area contributed by atoms with Crippen molar-refractivity contribution in [1.82, 2.24) is 19.9 Å². The van der Waals surface area contributed by atoms with Crippen LogP contribution in [0.1, 0.15) is 27.2 Å². The van der Waals surface area contributed by atoms with E-state index in [4.69, 9.17) is 33.2 Å². The van der Waals surface area contributed by atoms with Crippen LogP contribution < -0.4 is 4.90 Å². The Bertz CT molecular complexity index is 1110. The monoisotopic (exact) mass is 457 g/mol. The van der Waals surface area contributed by atoms with Gasteiger partial charge >= 0.3 is 0 Å². The maximum absolute atomic E-state index is 12.7. The van der Waals surface area contributed by atoms with Gasteiger partial charge in [-0.25, -0.2) is 9.97 Å². The van der Waals surface area contributed by atoms with E-state index in [1.165, 1.54) is 0 Å². The van der Waals surface area contributed by atoms with Gasteiger partial charge in [0.05, 0.1) is 27.1 Å². The average Bonchev–Trinajstić information content (AvgIpc) is 3.24. The van der Waals surface area contributed by atoms with Crippen molar-refractivity contribution in [3.63, 3.8) is 0 Å². The van der Waals surface area contributed by atoms with Crippen molar-refractivity contribution in [1.29, 1.82) is 0 Å². The molecule has 0 saturated carbocycles. The molecule has 2 aromatic heterocycles. The largest absolute Gasteiger partial charge is 0.353 e. The zero-order valence-electron chi connectivity index (χ0n) is 17.8. The van der Waals surface area contributed by atoms with Crippen molar-refractivity contribution in [3.8, 4) is 11.3 Å². The molecule has 1 amide bonds. The summed E-state index contributed by atoms with van der Waals surface area (Å²) < 4.78 is 0. The Morgan fingerprint density at radius 1 is 1.23 bits per heavy atom. The number of hydrogen-bond donors (Lipinski definition) is 0. The fourth-order valence-electron chi connectivity index (χ4n) is 4.07. The maximum Gasteiger partial charge on any atom is 0.225 e. The lowest BCUT2D eigenvalue weighted by atomic mass is 10.1. The van der Waals surface area contributed by atoms with E-state index in [1.807, 2.05) is 37.8 Å². The predicted octanol–water partition coefficient (Wildman–Crippen LogP) is 5.08. The van der Waals surface area contributed by atoms with Crippen molar-refractivity contribution in [3.05, 3.63) is 46.7 Å². The van der Waals surface area contributed by atoms with Crippen LogP contribution in [0.25, 0.3) is 22.3 Å². The van der Waals surface area contributed by atoms with Crippen LogP contribution in [0, 0.1) is 5.92 Å². The van der Waals surface area contributed by atoms with E-state index >= 15 is 0 Å². The van der Waals surface area contributed by atoms with Gasteiger partial charge in [0.15, 0.2) is 5.82 Å². The van der Waals surface area contributed by atoms with Crippen LogP contribution in [0.2, 0.25) is 10.0 Å². The molecule has 1 aliphatic rings. The van der Waals surface area contributed by atoms with Gasteiger partial charge in [-0.15, -0.1) is 0 Å². The molecule has 1 aromatic carbocycles. The average molecular weight is 458 g/mol. The number of hydrogen-bond acceptors (Lipinski definition) is 5. The number of rotatable bonds is 5. The van der Waals surface area contributed by atoms with E-state index in [-0.39, 0.29) is 17.9 Å². The van der Waals surface area contributed by atoms with Crippen molar-refractivity contribution in [2.45, 2.75) is 33.2 Å². The number of benzene rings is 1. The standard InChI is InChI=1S/C23H25Cl2N5O/c1-4-30(23(31)14(2)3)16-7-9-29(13-16)22-21(15-6-5-8-26-12-15)27-19-10-17(24)18(25)11-20(19)28-22/h5-6,8,10-12,14,16H,4,7,9,13H2,1-3H3/t16-/m0/s1.